The number of piperidine rings is 1. The average Bonchev–Trinajstić information content (AvgIpc) is 3.01. The van der Waals surface area contributed by atoms with E-state index in [4.69, 9.17) is 0 Å². The number of amides is 1. The molecular formula is C17H21N3O3S3. The number of aryl methyl sites for hydroxylation is 1. The first-order valence-corrected chi connectivity index (χ1v) is 11.8. The molecule has 0 bridgehead atoms. The maximum atomic E-state index is 12.6. The van der Waals surface area contributed by atoms with Crippen molar-refractivity contribution in [1.29, 1.82) is 0 Å². The van der Waals surface area contributed by atoms with Crippen molar-refractivity contribution < 1.29 is 13.2 Å². The second kappa shape index (κ2) is 8.08. The van der Waals surface area contributed by atoms with E-state index < -0.39 is 10.0 Å². The summed E-state index contributed by atoms with van der Waals surface area (Å²) in [6.45, 7) is 2.62. The van der Waals surface area contributed by atoms with E-state index >= 15 is 0 Å². The number of carbonyl (C=O) groups excluding carboxylic acids is 1. The van der Waals surface area contributed by atoms with Gasteiger partial charge in [0.05, 0.1) is 14.8 Å². The van der Waals surface area contributed by atoms with Crippen LogP contribution in [-0.4, -0.2) is 43.0 Å². The molecule has 26 heavy (non-hydrogen) atoms. The van der Waals surface area contributed by atoms with E-state index in [0.29, 0.717) is 36.0 Å². The van der Waals surface area contributed by atoms with Crippen molar-refractivity contribution in [2.24, 2.45) is 5.92 Å². The van der Waals surface area contributed by atoms with Crippen LogP contribution in [0.2, 0.25) is 0 Å². The van der Waals surface area contributed by atoms with Gasteiger partial charge in [0.15, 0.2) is 5.13 Å². The molecule has 6 nitrogen and oxygen atoms in total. The Morgan fingerprint density at radius 3 is 2.50 bits per heavy atom. The molecule has 1 aliphatic rings. The highest BCUT2D eigenvalue weighted by atomic mass is 32.2. The Bertz CT molecular complexity index is 873. The first-order valence-electron chi connectivity index (χ1n) is 8.29. The molecule has 140 valence electrons. The lowest BCUT2D eigenvalue weighted by atomic mass is 9.97. The third kappa shape index (κ3) is 4.11. The maximum absolute atomic E-state index is 12.6. The molecule has 1 N–H and O–H groups in total. The SMILES string of the molecule is CSc1sc(NC(=O)C2CCN(S(=O)(=O)c3ccccc3)CC2)nc1C. The zero-order chi connectivity index (χ0) is 18.7. The molecule has 0 aliphatic carbocycles. The average molecular weight is 412 g/mol. The molecule has 1 fully saturated rings. The van der Waals surface area contributed by atoms with E-state index in [1.807, 2.05) is 13.2 Å². The lowest BCUT2D eigenvalue weighted by Gasteiger charge is -2.30. The number of rotatable bonds is 5. The predicted octanol–water partition coefficient (Wildman–Crippen LogP) is 3.21. The van der Waals surface area contributed by atoms with Crippen LogP contribution in [0.4, 0.5) is 5.13 Å². The fourth-order valence-corrected chi connectivity index (χ4v) is 6.04. The highest BCUT2D eigenvalue weighted by Crippen LogP contribution is 2.31. The fourth-order valence-electron chi connectivity index (χ4n) is 2.93. The molecule has 3 rings (SSSR count). The molecule has 2 aromatic rings. The van der Waals surface area contributed by atoms with Crippen LogP contribution < -0.4 is 5.32 Å². The van der Waals surface area contributed by atoms with Crippen molar-refractivity contribution in [1.82, 2.24) is 9.29 Å². The molecule has 2 heterocycles. The Morgan fingerprint density at radius 2 is 1.92 bits per heavy atom. The molecule has 1 aliphatic heterocycles. The van der Waals surface area contributed by atoms with E-state index in [-0.39, 0.29) is 11.8 Å². The Balaban J connectivity index is 1.60. The van der Waals surface area contributed by atoms with Gasteiger partial charge in [-0.2, -0.15) is 4.31 Å². The minimum atomic E-state index is -3.49. The number of sulfonamides is 1. The van der Waals surface area contributed by atoms with Crippen molar-refractivity contribution in [2.45, 2.75) is 28.9 Å². The second-order valence-electron chi connectivity index (χ2n) is 6.08. The minimum absolute atomic E-state index is 0.0804. The quantitative estimate of drug-likeness (QED) is 0.764. The summed E-state index contributed by atoms with van der Waals surface area (Å²) >= 11 is 3.08. The Kier molecular flexibility index (Phi) is 6.01. The van der Waals surface area contributed by atoms with Crippen molar-refractivity contribution in [3.8, 4) is 0 Å². The van der Waals surface area contributed by atoms with Crippen LogP contribution in [0, 0.1) is 12.8 Å². The summed E-state index contributed by atoms with van der Waals surface area (Å²) in [5.74, 6) is -0.276. The van der Waals surface area contributed by atoms with Crippen molar-refractivity contribution in [2.75, 3.05) is 24.7 Å². The molecule has 0 unspecified atom stereocenters. The molecule has 0 spiro atoms. The van der Waals surface area contributed by atoms with Crippen LogP contribution in [-0.2, 0) is 14.8 Å². The summed E-state index contributed by atoms with van der Waals surface area (Å²) in [7, 11) is -3.49. The summed E-state index contributed by atoms with van der Waals surface area (Å²) in [4.78, 5) is 17.2. The highest BCUT2D eigenvalue weighted by molar-refractivity contribution is 8.00. The van der Waals surface area contributed by atoms with Gasteiger partial charge in [-0.25, -0.2) is 13.4 Å². The summed E-state index contributed by atoms with van der Waals surface area (Å²) in [6, 6.07) is 8.42. The molecule has 0 saturated carbocycles. The number of hydrogen-bond donors (Lipinski definition) is 1. The topological polar surface area (TPSA) is 79.4 Å². The number of thioether (sulfide) groups is 1. The van der Waals surface area contributed by atoms with Crippen LogP contribution in [0.5, 0.6) is 0 Å². The number of nitrogens with one attached hydrogen (secondary N) is 1. The molecule has 9 heteroatoms. The fraction of sp³-hybridized carbons (Fsp3) is 0.412. The largest absolute Gasteiger partial charge is 0.302 e. The van der Waals surface area contributed by atoms with Gasteiger partial charge in [0.25, 0.3) is 0 Å². The zero-order valence-corrected chi connectivity index (χ0v) is 17.1. The van der Waals surface area contributed by atoms with Crippen LogP contribution in [0.1, 0.15) is 18.5 Å². The van der Waals surface area contributed by atoms with Crippen LogP contribution >= 0.6 is 23.1 Å². The Morgan fingerprint density at radius 1 is 1.27 bits per heavy atom. The number of anilines is 1. The maximum Gasteiger partial charge on any atom is 0.243 e. The number of aromatic nitrogens is 1. The van der Waals surface area contributed by atoms with Crippen LogP contribution in [0.3, 0.4) is 0 Å². The lowest BCUT2D eigenvalue weighted by molar-refractivity contribution is -0.120. The molecule has 0 radical (unpaired) electrons. The van der Waals surface area contributed by atoms with Crippen molar-refractivity contribution >= 4 is 44.2 Å². The second-order valence-corrected chi connectivity index (χ2v) is 10.1. The van der Waals surface area contributed by atoms with Gasteiger partial charge < -0.3 is 5.32 Å². The van der Waals surface area contributed by atoms with Crippen LogP contribution in [0.25, 0.3) is 0 Å². The molecule has 1 aromatic carbocycles. The molecule has 1 aromatic heterocycles. The molecule has 1 amide bonds. The van der Waals surface area contributed by atoms with E-state index in [1.165, 1.54) is 15.6 Å². The summed E-state index contributed by atoms with van der Waals surface area (Å²) in [5, 5.41) is 3.49. The van der Waals surface area contributed by atoms with Gasteiger partial charge >= 0.3 is 0 Å². The van der Waals surface area contributed by atoms with E-state index in [0.717, 1.165) is 9.90 Å². The first kappa shape index (κ1) is 19.3. The monoisotopic (exact) mass is 411 g/mol. The molecule has 1 saturated heterocycles. The number of benzene rings is 1. The van der Waals surface area contributed by atoms with E-state index in [2.05, 4.69) is 10.3 Å². The van der Waals surface area contributed by atoms with Gasteiger partial charge in [0.1, 0.15) is 0 Å². The lowest BCUT2D eigenvalue weighted by Crippen LogP contribution is -2.41. The molecular weight excluding hydrogens is 390 g/mol. The predicted molar refractivity (Wildman–Crippen MR) is 105 cm³/mol. The number of nitrogens with zero attached hydrogens (tertiary/aromatic N) is 2. The number of carbonyl (C=O) groups is 1. The minimum Gasteiger partial charge on any atom is -0.302 e. The van der Waals surface area contributed by atoms with Crippen molar-refractivity contribution in [3.63, 3.8) is 0 Å². The first-order chi connectivity index (χ1) is 12.4. The third-order valence-corrected chi connectivity index (χ3v) is 8.57. The van der Waals surface area contributed by atoms with E-state index in [1.54, 1.807) is 42.1 Å². The van der Waals surface area contributed by atoms with Gasteiger partial charge in [0.2, 0.25) is 15.9 Å². The summed E-state index contributed by atoms with van der Waals surface area (Å²) < 4.78 is 27.8. The zero-order valence-electron chi connectivity index (χ0n) is 14.6. The van der Waals surface area contributed by atoms with Gasteiger partial charge in [-0.05, 0) is 38.2 Å². The third-order valence-electron chi connectivity index (χ3n) is 4.38. The van der Waals surface area contributed by atoms with Gasteiger partial charge in [-0.15, -0.1) is 11.8 Å². The normalized spacial score (nSPS) is 16.5. The van der Waals surface area contributed by atoms with Gasteiger partial charge in [-0.3, -0.25) is 4.79 Å². The van der Waals surface area contributed by atoms with Gasteiger partial charge in [-0.1, -0.05) is 29.5 Å². The summed E-state index contributed by atoms with van der Waals surface area (Å²) in [6.07, 6.45) is 3.00. The number of hydrogen-bond acceptors (Lipinski definition) is 6. The highest BCUT2D eigenvalue weighted by Gasteiger charge is 2.32. The number of thiazole rings is 1. The van der Waals surface area contributed by atoms with E-state index in [9.17, 15) is 13.2 Å². The van der Waals surface area contributed by atoms with Crippen LogP contribution in [0.15, 0.2) is 39.4 Å². The van der Waals surface area contributed by atoms with Crippen molar-refractivity contribution in [3.05, 3.63) is 36.0 Å². The van der Waals surface area contributed by atoms with Gasteiger partial charge in [0, 0.05) is 19.0 Å². The smallest absolute Gasteiger partial charge is 0.243 e. The molecule has 0 atom stereocenters. The standard InChI is InChI=1S/C17H21N3O3S3/c1-12-16(24-2)25-17(18-12)19-15(21)13-8-10-20(11-9-13)26(22,23)14-6-4-3-5-7-14/h3-7,13H,8-11H2,1-2H3,(H,18,19,21). The Hall–Kier alpha value is -1.42. The summed E-state index contributed by atoms with van der Waals surface area (Å²) in [5.41, 5.74) is 0.918. The Labute approximate surface area is 162 Å².